The van der Waals surface area contributed by atoms with Crippen molar-refractivity contribution in [3.05, 3.63) is 39.6 Å². The number of aromatic amines is 1. The molecule has 2 amide bonds. The Hall–Kier alpha value is -1.94. The van der Waals surface area contributed by atoms with Crippen LogP contribution in [0.4, 0.5) is 4.79 Å². The van der Waals surface area contributed by atoms with Crippen molar-refractivity contribution in [3.63, 3.8) is 0 Å². The summed E-state index contributed by atoms with van der Waals surface area (Å²) in [4.78, 5) is 14.1. The van der Waals surface area contributed by atoms with Crippen LogP contribution in [0, 0.1) is 0 Å². The maximum Gasteiger partial charge on any atom is 0.315 e. The molecule has 26 heavy (non-hydrogen) atoms. The molecule has 3 rings (SSSR count). The molecular formula is C15H19Cl2N7O2. The fourth-order valence-corrected chi connectivity index (χ4v) is 2.95. The van der Waals surface area contributed by atoms with Crippen LogP contribution in [-0.4, -0.2) is 63.9 Å². The van der Waals surface area contributed by atoms with Crippen molar-refractivity contribution < 1.29 is 9.53 Å². The van der Waals surface area contributed by atoms with Gasteiger partial charge in [-0.05, 0) is 17.7 Å². The minimum Gasteiger partial charge on any atom is -0.374 e. The second kappa shape index (κ2) is 9.13. The van der Waals surface area contributed by atoms with E-state index in [1.165, 1.54) is 0 Å². The number of H-pyrrole nitrogens is 1. The zero-order chi connectivity index (χ0) is 18.4. The van der Waals surface area contributed by atoms with Gasteiger partial charge in [0, 0.05) is 26.2 Å². The molecular weight excluding hydrogens is 381 g/mol. The van der Waals surface area contributed by atoms with Gasteiger partial charge in [0.25, 0.3) is 0 Å². The van der Waals surface area contributed by atoms with E-state index in [4.69, 9.17) is 27.9 Å². The van der Waals surface area contributed by atoms with E-state index in [1.54, 1.807) is 6.07 Å². The van der Waals surface area contributed by atoms with Crippen LogP contribution in [0.5, 0.6) is 0 Å². The number of rotatable bonds is 6. The number of urea groups is 1. The van der Waals surface area contributed by atoms with Crippen LogP contribution >= 0.6 is 23.2 Å². The first-order valence-corrected chi connectivity index (χ1v) is 8.87. The normalized spacial score (nSPS) is 17.8. The summed E-state index contributed by atoms with van der Waals surface area (Å²) in [7, 11) is 0. The summed E-state index contributed by atoms with van der Waals surface area (Å²) in [6, 6.07) is 5.33. The number of hydrogen-bond donors (Lipinski definition) is 3. The molecule has 0 saturated carbocycles. The molecule has 0 bridgehead atoms. The molecule has 1 aromatic heterocycles. The highest BCUT2D eigenvalue weighted by Crippen LogP contribution is 2.23. The number of benzene rings is 1. The Kier molecular flexibility index (Phi) is 6.62. The van der Waals surface area contributed by atoms with Gasteiger partial charge in [0.05, 0.1) is 29.3 Å². The van der Waals surface area contributed by atoms with Gasteiger partial charge in [0.2, 0.25) is 0 Å². The van der Waals surface area contributed by atoms with E-state index >= 15 is 0 Å². The monoisotopic (exact) mass is 399 g/mol. The summed E-state index contributed by atoms with van der Waals surface area (Å²) in [5, 5.41) is 19.8. The SMILES string of the molecule is O=C(NCc1nn[nH]n1)NC[C@H]1CN(Cc2ccc(Cl)c(Cl)c2)CCO1. The molecule has 0 spiro atoms. The summed E-state index contributed by atoms with van der Waals surface area (Å²) < 4.78 is 5.72. The molecule has 1 saturated heterocycles. The largest absolute Gasteiger partial charge is 0.374 e. The van der Waals surface area contributed by atoms with E-state index in [-0.39, 0.29) is 18.7 Å². The third kappa shape index (κ3) is 5.53. The zero-order valence-electron chi connectivity index (χ0n) is 13.9. The number of amides is 2. The molecule has 2 heterocycles. The summed E-state index contributed by atoms with van der Waals surface area (Å²) in [5.41, 5.74) is 1.09. The smallest absolute Gasteiger partial charge is 0.315 e. The van der Waals surface area contributed by atoms with E-state index in [9.17, 15) is 4.79 Å². The Morgan fingerprint density at radius 3 is 3.00 bits per heavy atom. The predicted octanol–water partition coefficient (Wildman–Crippen LogP) is 1.21. The highest BCUT2D eigenvalue weighted by Gasteiger charge is 2.21. The molecule has 9 nitrogen and oxygen atoms in total. The minimum atomic E-state index is -0.306. The lowest BCUT2D eigenvalue weighted by Crippen LogP contribution is -2.48. The fourth-order valence-electron chi connectivity index (χ4n) is 2.63. The van der Waals surface area contributed by atoms with Crippen LogP contribution in [-0.2, 0) is 17.8 Å². The number of carbonyl (C=O) groups excluding carboxylic acids is 1. The number of carbonyl (C=O) groups is 1. The van der Waals surface area contributed by atoms with Crippen LogP contribution in [0.2, 0.25) is 10.0 Å². The zero-order valence-corrected chi connectivity index (χ0v) is 15.4. The molecule has 1 aromatic carbocycles. The van der Waals surface area contributed by atoms with E-state index in [1.807, 2.05) is 12.1 Å². The van der Waals surface area contributed by atoms with E-state index < -0.39 is 0 Å². The first-order valence-electron chi connectivity index (χ1n) is 8.12. The number of aromatic nitrogens is 4. The molecule has 1 aliphatic heterocycles. The highest BCUT2D eigenvalue weighted by molar-refractivity contribution is 6.42. The minimum absolute atomic E-state index is 0.0811. The maximum atomic E-state index is 11.8. The molecule has 140 valence electrons. The molecule has 0 unspecified atom stereocenters. The molecule has 0 aliphatic carbocycles. The van der Waals surface area contributed by atoms with Gasteiger partial charge in [0.15, 0.2) is 5.82 Å². The molecule has 2 aromatic rings. The number of morpholine rings is 1. The molecule has 1 aliphatic rings. The van der Waals surface area contributed by atoms with E-state index in [0.717, 1.165) is 18.7 Å². The van der Waals surface area contributed by atoms with Crippen LogP contribution in [0.1, 0.15) is 11.4 Å². The Morgan fingerprint density at radius 2 is 2.23 bits per heavy atom. The number of halogens is 2. The van der Waals surface area contributed by atoms with Gasteiger partial charge < -0.3 is 15.4 Å². The van der Waals surface area contributed by atoms with Crippen molar-refractivity contribution in [2.75, 3.05) is 26.2 Å². The summed E-state index contributed by atoms with van der Waals surface area (Å²) >= 11 is 12.0. The quantitative estimate of drug-likeness (QED) is 0.673. The fraction of sp³-hybridized carbons (Fsp3) is 0.467. The van der Waals surface area contributed by atoms with Gasteiger partial charge >= 0.3 is 6.03 Å². The van der Waals surface area contributed by atoms with Crippen molar-refractivity contribution >= 4 is 29.2 Å². The molecule has 3 N–H and O–H groups in total. The third-order valence-corrected chi connectivity index (χ3v) is 4.64. The molecule has 1 atom stereocenters. The second-order valence-electron chi connectivity index (χ2n) is 5.87. The Balaban J connectivity index is 1.41. The lowest BCUT2D eigenvalue weighted by molar-refractivity contribution is -0.0287. The topological polar surface area (TPSA) is 108 Å². The van der Waals surface area contributed by atoms with Crippen LogP contribution in [0.3, 0.4) is 0 Å². The van der Waals surface area contributed by atoms with Crippen molar-refractivity contribution in [1.29, 1.82) is 0 Å². The van der Waals surface area contributed by atoms with Crippen LogP contribution in [0.25, 0.3) is 0 Å². The lowest BCUT2D eigenvalue weighted by atomic mass is 10.2. The van der Waals surface area contributed by atoms with Gasteiger partial charge in [-0.3, -0.25) is 4.90 Å². The first kappa shape index (κ1) is 18.8. The number of tetrazole rings is 1. The van der Waals surface area contributed by atoms with Crippen LogP contribution < -0.4 is 10.6 Å². The van der Waals surface area contributed by atoms with Gasteiger partial charge in [-0.1, -0.05) is 34.5 Å². The number of ether oxygens (including phenoxy) is 1. The second-order valence-corrected chi connectivity index (χ2v) is 6.68. The maximum absolute atomic E-state index is 11.8. The molecule has 0 radical (unpaired) electrons. The van der Waals surface area contributed by atoms with Gasteiger partial charge in [0.1, 0.15) is 0 Å². The van der Waals surface area contributed by atoms with E-state index in [0.29, 0.717) is 35.6 Å². The van der Waals surface area contributed by atoms with Gasteiger partial charge in [-0.15, -0.1) is 10.2 Å². The molecule has 1 fully saturated rings. The van der Waals surface area contributed by atoms with Crippen molar-refractivity contribution in [2.45, 2.75) is 19.2 Å². The Bertz CT molecular complexity index is 729. The number of hydrogen-bond acceptors (Lipinski definition) is 6. The standard InChI is InChI=1S/C15H19Cl2N7O2/c16-12-2-1-10(5-13(12)17)8-24-3-4-26-11(9-24)6-18-15(25)19-7-14-20-22-23-21-14/h1-2,5,11H,3-4,6-9H2,(H2,18,19,25)(H,20,21,22,23)/t11-/m0/s1. The highest BCUT2D eigenvalue weighted by atomic mass is 35.5. The predicted molar refractivity (Wildman–Crippen MR) is 95.9 cm³/mol. The summed E-state index contributed by atoms with van der Waals surface area (Å²) in [6.07, 6.45) is -0.0811. The average molecular weight is 400 g/mol. The van der Waals surface area contributed by atoms with Crippen molar-refractivity contribution in [3.8, 4) is 0 Å². The Morgan fingerprint density at radius 1 is 1.35 bits per heavy atom. The first-order chi connectivity index (χ1) is 12.6. The van der Waals surface area contributed by atoms with E-state index in [2.05, 4.69) is 36.2 Å². The van der Waals surface area contributed by atoms with Gasteiger partial charge in [-0.2, -0.15) is 5.21 Å². The molecule has 11 heteroatoms. The Labute approximate surface area is 160 Å². The average Bonchev–Trinajstić information content (AvgIpc) is 3.15. The van der Waals surface area contributed by atoms with Crippen molar-refractivity contribution in [1.82, 2.24) is 36.2 Å². The summed E-state index contributed by atoms with van der Waals surface area (Å²) in [6.45, 7) is 3.51. The van der Waals surface area contributed by atoms with Crippen LogP contribution in [0.15, 0.2) is 18.2 Å². The van der Waals surface area contributed by atoms with Gasteiger partial charge in [-0.25, -0.2) is 4.79 Å². The van der Waals surface area contributed by atoms with Crippen molar-refractivity contribution in [2.24, 2.45) is 0 Å². The number of nitrogens with zero attached hydrogens (tertiary/aromatic N) is 4. The lowest BCUT2D eigenvalue weighted by Gasteiger charge is -2.33. The number of nitrogens with one attached hydrogen (secondary N) is 3. The third-order valence-electron chi connectivity index (χ3n) is 3.90. The summed E-state index contributed by atoms with van der Waals surface area (Å²) in [5.74, 6) is 0.418.